The number of rotatable bonds is 4. The molecule has 1 atom stereocenters. The van der Waals surface area contributed by atoms with Gasteiger partial charge in [0.25, 0.3) is 5.56 Å². The molecule has 2 aromatic heterocycles. The van der Waals surface area contributed by atoms with E-state index in [4.69, 9.17) is 21.3 Å². The fourth-order valence-corrected chi connectivity index (χ4v) is 6.26. The number of piperidine rings is 3. The SMILES string of the molecule is O=c1[nH]c2ccc(Cl)cc2c(N[C@H]2CN3CCC2CC3)c1-c1nc2cc(N3CCOCC3)ccc2[nH]1. The van der Waals surface area contributed by atoms with Crippen molar-refractivity contribution in [1.82, 2.24) is 19.9 Å². The van der Waals surface area contributed by atoms with Crippen molar-refractivity contribution in [1.29, 1.82) is 0 Å². The van der Waals surface area contributed by atoms with E-state index in [0.717, 1.165) is 79.2 Å². The summed E-state index contributed by atoms with van der Waals surface area (Å²) in [7, 11) is 0. The van der Waals surface area contributed by atoms with Crippen molar-refractivity contribution in [3.63, 3.8) is 0 Å². The first kappa shape index (κ1) is 22.2. The zero-order valence-electron chi connectivity index (χ0n) is 20.0. The monoisotopic (exact) mass is 504 g/mol. The standard InChI is InChI=1S/C27H29ClN6O2/c28-17-1-3-20-19(13-17)25(29-23-15-33-7-5-16(23)6-8-33)24(27(35)32-20)26-30-21-4-2-18(14-22(21)31-26)34-9-11-36-12-10-34/h1-4,13-14,16,23H,5-12,15H2,(H,30,31)(H2,29,32,35)/t23-/m0/s1. The third-order valence-corrected chi connectivity index (χ3v) is 8.28. The molecule has 0 amide bonds. The molecule has 3 N–H and O–H groups in total. The second-order valence-corrected chi connectivity index (χ2v) is 10.6. The molecule has 2 bridgehead atoms. The molecule has 6 heterocycles. The highest BCUT2D eigenvalue weighted by Crippen LogP contribution is 2.36. The topological polar surface area (TPSA) is 89.3 Å². The third-order valence-electron chi connectivity index (χ3n) is 8.04. The molecule has 4 aromatic rings. The maximum Gasteiger partial charge on any atom is 0.261 e. The fraction of sp³-hybridized carbons (Fsp3) is 0.407. The number of hydrogen-bond acceptors (Lipinski definition) is 6. The fourth-order valence-electron chi connectivity index (χ4n) is 6.09. The third kappa shape index (κ3) is 3.84. The van der Waals surface area contributed by atoms with Crippen LogP contribution in [0.5, 0.6) is 0 Å². The summed E-state index contributed by atoms with van der Waals surface area (Å²) in [5, 5.41) is 5.34. The van der Waals surface area contributed by atoms with E-state index in [1.54, 1.807) is 0 Å². The number of halogens is 1. The number of anilines is 2. The van der Waals surface area contributed by atoms with Crippen LogP contribution in [-0.4, -0.2) is 71.8 Å². The number of aromatic amines is 2. The van der Waals surface area contributed by atoms with Crippen LogP contribution >= 0.6 is 11.6 Å². The number of aromatic nitrogens is 3. The van der Waals surface area contributed by atoms with Crippen LogP contribution in [0, 0.1) is 5.92 Å². The van der Waals surface area contributed by atoms with E-state index in [1.165, 1.54) is 12.8 Å². The number of H-pyrrole nitrogens is 2. The summed E-state index contributed by atoms with van der Waals surface area (Å²) >= 11 is 6.43. The Kier molecular flexibility index (Phi) is 5.41. The number of ether oxygens (including phenoxy) is 1. The molecule has 4 aliphatic heterocycles. The minimum Gasteiger partial charge on any atom is -0.379 e. The van der Waals surface area contributed by atoms with Crippen molar-refractivity contribution in [2.75, 3.05) is 56.2 Å². The summed E-state index contributed by atoms with van der Waals surface area (Å²) in [5.74, 6) is 1.17. The summed E-state index contributed by atoms with van der Waals surface area (Å²) in [6.07, 6.45) is 2.37. The van der Waals surface area contributed by atoms with Gasteiger partial charge in [-0.15, -0.1) is 0 Å². The van der Waals surface area contributed by atoms with Crippen LogP contribution in [0.2, 0.25) is 5.02 Å². The lowest BCUT2D eigenvalue weighted by Crippen LogP contribution is -2.53. The predicted octanol–water partition coefficient (Wildman–Crippen LogP) is 4.07. The van der Waals surface area contributed by atoms with E-state index in [1.807, 2.05) is 24.3 Å². The van der Waals surface area contributed by atoms with E-state index in [9.17, 15) is 4.79 Å². The summed E-state index contributed by atoms with van der Waals surface area (Å²) in [6, 6.07) is 12.1. The van der Waals surface area contributed by atoms with Crippen molar-refractivity contribution in [2.45, 2.75) is 18.9 Å². The normalized spacial score (nSPS) is 24.0. The van der Waals surface area contributed by atoms with Crippen LogP contribution in [0.3, 0.4) is 0 Å². The molecule has 0 spiro atoms. The predicted molar refractivity (Wildman–Crippen MR) is 144 cm³/mol. The van der Waals surface area contributed by atoms with Crippen molar-refractivity contribution in [3.8, 4) is 11.4 Å². The van der Waals surface area contributed by atoms with Gasteiger partial charge in [-0.2, -0.15) is 0 Å². The lowest BCUT2D eigenvalue weighted by molar-refractivity contribution is 0.0976. The van der Waals surface area contributed by atoms with Crippen LogP contribution in [0.1, 0.15) is 12.8 Å². The molecule has 0 saturated carbocycles. The molecule has 9 heteroatoms. The maximum absolute atomic E-state index is 13.5. The van der Waals surface area contributed by atoms with Crippen LogP contribution < -0.4 is 15.8 Å². The smallest absolute Gasteiger partial charge is 0.261 e. The van der Waals surface area contributed by atoms with Gasteiger partial charge in [0.15, 0.2) is 0 Å². The molecule has 4 aliphatic rings. The average molecular weight is 505 g/mol. The zero-order chi connectivity index (χ0) is 24.2. The Balaban J connectivity index is 1.35. The highest BCUT2D eigenvalue weighted by molar-refractivity contribution is 6.31. The number of pyridine rings is 1. The molecule has 0 aliphatic carbocycles. The Morgan fingerprint density at radius 1 is 1.00 bits per heavy atom. The van der Waals surface area contributed by atoms with Crippen molar-refractivity contribution in [3.05, 3.63) is 51.8 Å². The van der Waals surface area contributed by atoms with Gasteiger partial charge in [0.05, 0.1) is 35.5 Å². The second kappa shape index (κ2) is 8.80. The van der Waals surface area contributed by atoms with Gasteiger partial charge in [-0.3, -0.25) is 4.79 Å². The number of morpholine rings is 1. The zero-order valence-corrected chi connectivity index (χ0v) is 20.8. The molecule has 0 radical (unpaired) electrons. The van der Waals surface area contributed by atoms with Gasteiger partial charge in [0, 0.05) is 41.8 Å². The molecule has 36 heavy (non-hydrogen) atoms. The van der Waals surface area contributed by atoms with Crippen LogP contribution in [0.15, 0.2) is 41.2 Å². The van der Waals surface area contributed by atoms with Crippen molar-refractivity contribution >= 4 is 44.9 Å². The lowest BCUT2D eigenvalue weighted by Gasteiger charge is -2.45. The van der Waals surface area contributed by atoms with E-state index in [2.05, 4.69) is 37.2 Å². The van der Waals surface area contributed by atoms with Crippen LogP contribution in [0.4, 0.5) is 11.4 Å². The number of imidazole rings is 1. The summed E-state index contributed by atoms with van der Waals surface area (Å²) in [5.41, 5.74) is 4.81. The highest BCUT2D eigenvalue weighted by Gasteiger charge is 2.35. The maximum atomic E-state index is 13.5. The van der Waals surface area contributed by atoms with Crippen LogP contribution in [0.25, 0.3) is 33.3 Å². The van der Waals surface area contributed by atoms with E-state index in [-0.39, 0.29) is 11.6 Å². The van der Waals surface area contributed by atoms with Gasteiger partial charge in [0.2, 0.25) is 0 Å². The number of nitrogens with one attached hydrogen (secondary N) is 3. The number of fused-ring (bicyclic) bond motifs is 5. The van der Waals surface area contributed by atoms with E-state index < -0.39 is 0 Å². The van der Waals surface area contributed by atoms with Crippen molar-refractivity contribution < 1.29 is 4.74 Å². The first-order valence-electron chi connectivity index (χ1n) is 12.8. The van der Waals surface area contributed by atoms with Gasteiger partial charge < -0.3 is 29.8 Å². The van der Waals surface area contributed by atoms with Crippen LogP contribution in [-0.2, 0) is 4.74 Å². The lowest BCUT2D eigenvalue weighted by atomic mass is 9.83. The number of benzene rings is 2. The molecular formula is C27H29ClN6O2. The quantitative estimate of drug-likeness (QED) is 0.388. The van der Waals surface area contributed by atoms with Gasteiger partial charge in [-0.05, 0) is 68.2 Å². The average Bonchev–Trinajstić information content (AvgIpc) is 3.33. The Morgan fingerprint density at radius 2 is 1.81 bits per heavy atom. The summed E-state index contributed by atoms with van der Waals surface area (Å²) in [4.78, 5) is 29.7. The molecule has 2 aromatic carbocycles. The summed E-state index contributed by atoms with van der Waals surface area (Å²) < 4.78 is 5.50. The van der Waals surface area contributed by atoms with Gasteiger partial charge in [0.1, 0.15) is 11.4 Å². The van der Waals surface area contributed by atoms with Gasteiger partial charge in [-0.25, -0.2) is 4.98 Å². The molecule has 4 saturated heterocycles. The molecule has 0 unspecified atom stereocenters. The Labute approximate surface area is 213 Å². The second-order valence-electron chi connectivity index (χ2n) is 10.2. The molecule has 4 fully saturated rings. The molecular weight excluding hydrogens is 476 g/mol. The highest BCUT2D eigenvalue weighted by atomic mass is 35.5. The largest absolute Gasteiger partial charge is 0.379 e. The van der Waals surface area contributed by atoms with Gasteiger partial charge in [-0.1, -0.05) is 11.6 Å². The number of hydrogen-bond donors (Lipinski definition) is 3. The minimum atomic E-state index is -0.166. The first-order valence-corrected chi connectivity index (χ1v) is 13.2. The summed E-state index contributed by atoms with van der Waals surface area (Å²) in [6.45, 7) is 6.49. The Bertz CT molecular complexity index is 1500. The molecule has 8 rings (SSSR count). The Morgan fingerprint density at radius 3 is 2.58 bits per heavy atom. The van der Waals surface area contributed by atoms with Crippen molar-refractivity contribution in [2.24, 2.45) is 5.92 Å². The van der Waals surface area contributed by atoms with E-state index >= 15 is 0 Å². The van der Waals surface area contributed by atoms with Gasteiger partial charge >= 0.3 is 0 Å². The molecule has 8 nitrogen and oxygen atoms in total. The van der Waals surface area contributed by atoms with E-state index in [0.29, 0.717) is 22.3 Å². The molecule has 186 valence electrons. The minimum absolute atomic E-state index is 0.166. The Hall–Kier alpha value is -3.07. The first-order chi connectivity index (χ1) is 17.6. The number of nitrogens with zero attached hydrogens (tertiary/aromatic N) is 3.